The molecule has 0 aliphatic heterocycles. The van der Waals surface area contributed by atoms with Gasteiger partial charge < -0.3 is 10.6 Å². The minimum absolute atomic E-state index is 0.0818. The highest BCUT2D eigenvalue weighted by Gasteiger charge is 2.13. The zero-order valence-corrected chi connectivity index (χ0v) is 14.4. The second kappa shape index (κ2) is 8.76. The van der Waals surface area contributed by atoms with Crippen molar-refractivity contribution in [3.8, 4) is 0 Å². The number of likely N-dealkylation sites (N-methyl/N-ethyl adjacent to an activating group) is 1. The van der Waals surface area contributed by atoms with E-state index in [0.29, 0.717) is 17.3 Å². The number of aryl methyl sites for hydroxylation is 2. The van der Waals surface area contributed by atoms with Crippen LogP contribution in [0.2, 0.25) is 5.02 Å². The van der Waals surface area contributed by atoms with Gasteiger partial charge >= 0.3 is 0 Å². The molecule has 1 aromatic rings. The van der Waals surface area contributed by atoms with Gasteiger partial charge in [0, 0.05) is 6.54 Å². The summed E-state index contributed by atoms with van der Waals surface area (Å²) in [7, 11) is 1.73. The van der Waals surface area contributed by atoms with E-state index in [0.717, 1.165) is 17.5 Å². The Labute approximate surface area is 137 Å². The average Bonchev–Trinajstić information content (AvgIpc) is 2.40. The van der Waals surface area contributed by atoms with Gasteiger partial charge in [-0.1, -0.05) is 24.6 Å². The number of nitrogens with one attached hydrogen (secondary N) is 2. The van der Waals surface area contributed by atoms with E-state index in [2.05, 4.69) is 10.6 Å². The standard InChI is InChI=1S/C16H24ClN3O2/c1-5-6-18-14(21)9-20(4)10-15(22)19-16-12(3)7-11(2)8-13(16)17/h7-8H,5-6,9-10H2,1-4H3,(H,18,21)(H,19,22). The lowest BCUT2D eigenvalue weighted by Crippen LogP contribution is -2.39. The molecule has 0 unspecified atom stereocenters. The summed E-state index contributed by atoms with van der Waals surface area (Å²) < 4.78 is 0. The van der Waals surface area contributed by atoms with Crippen LogP contribution in [0.25, 0.3) is 0 Å². The molecule has 0 atom stereocenters. The first-order valence-corrected chi connectivity index (χ1v) is 7.73. The quantitative estimate of drug-likeness (QED) is 0.809. The van der Waals surface area contributed by atoms with Gasteiger partial charge in [0.1, 0.15) is 0 Å². The summed E-state index contributed by atoms with van der Waals surface area (Å²) in [5.41, 5.74) is 2.59. The van der Waals surface area contributed by atoms with Gasteiger partial charge in [-0.15, -0.1) is 0 Å². The normalized spacial score (nSPS) is 10.6. The van der Waals surface area contributed by atoms with Crippen LogP contribution in [0.1, 0.15) is 24.5 Å². The Morgan fingerprint density at radius 1 is 1.18 bits per heavy atom. The number of benzene rings is 1. The summed E-state index contributed by atoms with van der Waals surface area (Å²) in [5.74, 6) is -0.277. The second-order valence-electron chi connectivity index (χ2n) is 5.51. The SMILES string of the molecule is CCCNC(=O)CN(C)CC(=O)Nc1c(C)cc(C)cc1Cl. The van der Waals surface area contributed by atoms with Crippen LogP contribution in [0, 0.1) is 13.8 Å². The molecular weight excluding hydrogens is 302 g/mol. The maximum Gasteiger partial charge on any atom is 0.238 e. The zero-order valence-electron chi connectivity index (χ0n) is 13.6. The van der Waals surface area contributed by atoms with E-state index in [9.17, 15) is 9.59 Å². The van der Waals surface area contributed by atoms with Crippen molar-refractivity contribution in [2.45, 2.75) is 27.2 Å². The summed E-state index contributed by atoms with van der Waals surface area (Å²) in [6, 6.07) is 3.77. The Balaban J connectivity index is 2.54. The Kier molecular flexibility index (Phi) is 7.35. The number of hydrogen-bond donors (Lipinski definition) is 2. The van der Waals surface area contributed by atoms with Crippen LogP contribution in [0.4, 0.5) is 5.69 Å². The molecule has 0 aromatic heterocycles. The molecule has 0 saturated carbocycles. The summed E-state index contributed by atoms with van der Waals surface area (Å²) in [5, 5.41) is 6.11. The van der Waals surface area contributed by atoms with Crippen molar-refractivity contribution in [2.24, 2.45) is 0 Å². The predicted molar refractivity (Wildman–Crippen MR) is 90.4 cm³/mol. The first-order chi connectivity index (χ1) is 10.3. The van der Waals surface area contributed by atoms with E-state index < -0.39 is 0 Å². The second-order valence-corrected chi connectivity index (χ2v) is 5.92. The maximum absolute atomic E-state index is 12.1. The van der Waals surface area contributed by atoms with Crippen LogP contribution in [0.3, 0.4) is 0 Å². The zero-order chi connectivity index (χ0) is 16.7. The molecule has 6 heteroatoms. The smallest absolute Gasteiger partial charge is 0.238 e. The van der Waals surface area contributed by atoms with Crippen molar-refractivity contribution < 1.29 is 9.59 Å². The summed E-state index contributed by atoms with van der Waals surface area (Å²) >= 11 is 6.16. The Morgan fingerprint density at radius 3 is 2.41 bits per heavy atom. The van der Waals surface area contributed by atoms with Crippen LogP contribution in [0.5, 0.6) is 0 Å². The van der Waals surface area contributed by atoms with Gasteiger partial charge in [0.15, 0.2) is 0 Å². The Morgan fingerprint density at radius 2 is 1.82 bits per heavy atom. The van der Waals surface area contributed by atoms with Crippen molar-refractivity contribution in [1.82, 2.24) is 10.2 Å². The van der Waals surface area contributed by atoms with Crippen molar-refractivity contribution in [1.29, 1.82) is 0 Å². The van der Waals surface area contributed by atoms with Crippen molar-refractivity contribution in [3.63, 3.8) is 0 Å². The summed E-state index contributed by atoms with van der Waals surface area (Å²) in [4.78, 5) is 25.3. The number of amides is 2. The molecule has 5 nitrogen and oxygen atoms in total. The molecule has 1 rings (SSSR count). The third-order valence-electron chi connectivity index (χ3n) is 3.10. The molecular formula is C16H24ClN3O2. The minimum atomic E-state index is -0.195. The first-order valence-electron chi connectivity index (χ1n) is 7.35. The number of halogens is 1. The molecule has 0 fully saturated rings. The van der Waals surface area contributed by atoms with E-state index in [1.165, 1.54) is 0 Å². The van der Waals surface area contributed by atoms with Crippen LogP contribution in [-0.2, 0) is 9.59 Å². The molecule has 0 aliphatic rings. The number of hydrogen-bond acceptors (Lipinski definition) is 3. The molecule has 1 aromatic carbocycles. The van der Waals surface area contributed by atoms with E-state index in [1.807, 2.05) is 32.9 Å². The van der Waals surface area contributed by atoms with Gasteiger partial charge in [0.2, 0.25) is 11.8 Å². The fourth-order valence-electron chi connectivity index (χ4n) is 2.12. The largest absolute Gasteiger partial charge is 0.355 e. The van der Waals surface area contributed by atoms with Gasteiger partial charge in [0.25, 0.3) is 0 Å². The van der Waals surface area contributed by atoms with Gasteiger partial charge in [0.05, 0.1) is 23.8 Å². The molecule has 2 N–H and O–H groups in total. The molecule has 0 aliphatic carbocycles. The number of rotatable bonds is 7. The number of carbonyl (C=O) groups excluding carboxylic acids is 2. The molecule has 0 bridgehead atoms. The van der Waals surface area contributed by atoms with Crippen LogP contribution >= 0.6 is 11.6 Å². The lowest BCUT2D eigenvalue weighted by atomic mass is 10.1. The van der Waals surface area contributed by atoms with E-state index in [4.69, 9.17) is 11.6 Å². The van der Waals surface area contributed by atoms with Crippen LogP contribution < -0.4 is 10.6 Å². The minimum Gasteiger partial charge on any atom is -0.355 e. The van der Waals surface area contributed by atoms with Crippen LogP contribution in [-0.4, -0.2) is 43.4 Å². The molecule has 122 valence electrons. The van der Waals surface area contributed by atoms with Gasteiger partial charge in [-0.3, -0.25) is 14.5 Å². The highest BCUT2D eigenvalue weighted by Crippen LogP contribution is 2.27. The first kappa shape index (κ1) is 18.5. The highest BCUT2D eigenvalue weighted by atomic mass is 35.5. The molecule has 22 heavy (non-hydrogen) atoms. The molecule has 0 spiro atoms. The Hall–Kier alpha value is -1.59. The molecule has 0 saturated heterocycles. The third-order valence-corrected chi connectivity index (χ3v) is 3.39. The van der Waals surface area contributed by atoms with E-state index in [-0.39, 0.29) is 24.9 Å². The molecule has 0 radical (unpaired) electrons. The fraction of sp³-hybridized carbons (Fsp3) is 0.500. The van der Waals surface area contributed by atoms with E-state index >= 15 is 0 Å². The lowest BCUT2D eigenvalue weighted by molar-refractivity contribution is -0.122. The average molecular weight is 326 g/mol. The molecule has 2 amide bonds. The van der Waals surface area contributed by atoms with Crippen molar-refractivity contribution in [3.05, 3.63) is 28.3 Å². The Bertz CT molecular complexity index is 523. The van der Waals surface area contributed by atoms with Gasteiger partial charge in [-0.05, 0) is 44.5 Å². The third kappa shape index (κ3) is 6.03. The van der Waals surface area contributed by atoms with Gasteiger partial charge in [-0.25, -0.2) is 0 Å². The van der Waals surface area contributed by atoms with Gasteiger partial charge in [-0.2, -0.15) is 0 Å². The lowest BCUT2D eigenvalue weighted by Gasteiger charge is -2.17. The number of anilines is 1. The van der Waals surface area contributed by atoms with Crippen LogP contribution in [0.15, 0.2) is 12.1 Å². The molecule has 0 heterocycles. The number of nitrogens with zero attached hydrogens (tertiary/aromatic N) is 1. The number of carbonyl (C=O) groups is 2. The van der Waals surface area contributed by atoms with Crippen molar-refractivity contribution >= 4 is 29.1 Å². The highest BCUT2D eigenvalue weighted by molar-refractivity contribution is 6.34. The summed E-state index contributed by atoms with van der Waals surface area (Å²) in [6.07, 6.45) is 0.890. The fourth-order valence-corrected chi connectivity index (χ4v) is 2.49. The van der Waals surface area contributed by atoms with E-state index in [1.54, 1.807) is 11.9 Å². The topological polar surface area (TPSA) is 61.4 Å². The summed E-state index contributed by atoms with van der Waals surface area (Å²) in [6.45, 7) is 6.81. The predicted octanol–water partition coefficient (Wildman–Crippen LogP) is 2.35. The van der Waals surface area contributed by atoms with Crippen molar-refractivity contribution in [2.75, 3.05) is 32.0 Å². The maximum atomic E-state index is 12.1. The monoisotopic (exact) mass is 325 g/mol.